The number of hydrogen-bond acceptors (Lipinski definition) is 6. The van der Waals surface area contributed by atoms with Crippen LogP contribution in [-0.2, 0) is 9.47 Å². The van der Waals surface area contributed by atoms with Crippen molar-refractivity contribution in [1.29, 1.82) is 0 Å². The second-order valence-corrected chi connectivity index (χ2v) is 6.37. The molecule has 3 rings (SSSR count). The predicted molar refractivity (Wildman–Crippen MR) is 118 cm³/mol. The first-order chi connectivity index (χ1) is 14.6. The summed E-state index contributed by atoms with van der Waals surface area (Å²) >= 11 is 0. The first-order valence-electron chi connectivity index (χ1n) is 9.78. The Hall–Kier alpha value is -3.80. The Morgan fingerprint density at radius 3 is 1.37 bits per heavy atom. The highest BCUT2D eigenvalue weighted by atomic mass is 16.5. The summed E-state index contributed by atoms with van der Waals surface area (Å²) in [7, 11) is 0. The van der Waals surface area contributed by atoms with Crippen LogP contribution < -0.4 is 10.6 Å². The smallest absolute Gasteiger partial charge is 0.340 e. The molecule has 0 aliphatic rings. The number of benzene rings is 3. The van der Waals surface area contributed by atoms with Crippen molar-refractivity contribution in [2.24, 2.45) is 0 Å². The highest BCUT2D eigenvalue weighted by Crippen LogP contribution is 2.31. The fourth-order valence-corrected chi connectivity index (χ4v) is 2.92. The van der Waals surface area contributed by atoms with Gasteiger partial charge in [-0.2, -0.15) is 0 Å². The van der Waals surface area contributed by atoms with E-state index in [1.807, 2.05) is 60.7 Å². The Balaban J connectivity index is 2.10. The molecule has 0 amide bonds. The number of nitrogens with one attached hydrogen (secondary N) is 2. The van der Waals surface area contributed by atoms with Crippen molar-refractivity contribution in [2.45, 2.75) is 13.8 Å². The van der Waals surface area contributed by atoms with Gasteiger partial charge < -0.3 is 20.1 Å². The van der Waals surface area contributed by atoms with E-state index >= 15 is 0 Å². The van der Waals surface area contributed by atoms with Crippen LogP contribution in [0.3, 0.4) is 0 Å². The molecule has 0 atom stereocenters. The van der Waals surface area contributed by atoms with Crippen molar-refractivity contribution >= 4 is 34.7 Å². The van der Waals surface area contributed by atoms with E-state index < -0.39 is 11.9 Å². The predicted octanol–water partition coefficient (Wildman–Crippen LogP) is 5.53. The molecule has 0 saturated carbocycles. The summed E-state index contributed by atoms with van der Waals surface area (Å²) in [4.78, 5) is 25.3. The Labute approximate surface area is 175 Å². The molecular formula is C24H24N2O4. The average Bonchev–Trinajstić information content (AvgIpc) is 2.76. The summed E-state index contributed by atoms with van der Waals surface area (Å²) in [5, 5.41) is 6.41. The molecule has 0 saturated heterocycles. The second-order valence-electron chi connectivity index (χ2n) is 6.37. The van der Waals surface area contributed by atoms with Gasteiger partial charge in [-0.3, -0.25) is 0 Å². The molecule has 0 aliphatic heterocycles. The number of ether oxygens (including phenoxy) is 2. The molecule has 0 heterocycles. The standard InChI is InChI=1S/C24H24N2O4/c1-3-29-23(27)19-15-22(26-18-13-9-6-10-14-18)20(24(28)30-4-2)16-21(19)25-17-11-7-5-8-12-17/h5-16,25-26H,3-4H2,1-2H3. The second kappa shape index (κ2) is 10.1. The largest absolute Gasteiger partial charge is 0.462 e. The van der Waals surface area contributed by atoms with E-state index in [0.29, 0.717) is 22.5 Å². The van der Waals surface area contributed by atoms with Gasteiger partial charge in [-0.25, -0.2) is 9.59 Å². The van der Waals surface area contributed by atoms with Crippen molar-refractivity contribution in [3.8, 4) is 0 Å². The number of anilines is 4. The maximum atomic E-state index is 12.7. The van der Waals surface area contributed by atoms with Crippen molar-refractivity contribution in [3.05, 3.63) is 83.9 Å². The highest BCUT2D eigenvalue weighted by Gasteiger charge is 2.21. The number of carbonyl (C=O) groups is 2. The fourth-order valence-electron chi connectivity index (χ4n) is 2.92. The third-order valence-corrected chi connectivity index (χ3v) is 4.25. The van der Waals surface area contributed by atoms with E-state index in [0.717, 1.165) is 11.4 Å². The molecule has 154 valence electrons. The molecule has 6 heteroatoms. The van der Waals surface area contributed by atoms with Crippen LogP contribution >= 0.6 is 0 Å². The third-order valence-electron chi connectivity index (χ3n) is 4.25. The zero-order valence-electron chi connectivity index (χ0n) is 17.0. The van der Waals surface area contributed by atoms with E-state index in [2.05, 4.69) is 10.6 Å². The Kier molecular flexibility index (Phi) is 7.05. The summed E-state index contributed by atoms with van der Waals surface area (Å²) in [6.07, 6.45) is 0. The normalized spacial score (nSPS) is 10.2. The van der Waals surface area contributed by atoms with E-state index in [1.165, 1.54) is 0 Å². The molecule has 0 aromatic heterocycles. The topological polar surface area (TPSA) is 76.7 Å². The zero-order valence-corrected chi connectivity index (χ0v) is 17.0. The molecule has 0 radical (unpaired) electrons. The van der Waals surface area contributed by atoms with E-state index in [4.69, 9.17) is 9.47 Å². The van der Waals surface area contributed by atoms with Crippen molar-refractivity contribution < 1.29 is 19.1 Å². The summed E-state index contributed by atoms with van der Waals surface area (Å²) in [5.74, 6) is -0.968. The lowest BCUT2D eigenvalue weighted by molar-refractivity contribution is 0.0513. The summed E-state index contributed by atoms with van der Waals surface area (Å²) in [6.45, 7) is 3.98. The van der Waals surface area contributed by atoms with Gasteiger partial charge in [-0.05, 0) is 50.2 Å². The minimum absolute atomic E-state index is 0.241. The summed E-state index contributed by atoms with van der Waals surface area (Å²) in [5.41, 5.74) is 3.10. The van der Waals surface area contributed by atoms with Crippen LogP contribution in [0.25, 0.3) is 0 Å². The van der Waals surface area contributed by atoms with Gasteiger partial charge in [0.2, 0.25) is 0 Å². The van der Waals surface area contributed by atoms with Crippen LogP contribution in [0.2, 0.25) is 0 Å². The summed E-state index contributed by atoms with van der Waals surface area (Å²) < 4.78 is 10.5. The monoisotopic (exact) mass is 404 g/mol. The van der Waals surface area contributed by atoms with Gasteiger partial charge in [0.05, 0.1) is 35.7 Å². The van der Waals surface area contributed by atoms with E-state index in [9.17, 15) is 9.59 Å². The zero-order chi connectivity index (χ0) is 21.3. The van der Waals surface area contributed by atoms with Gasteiger partial charge in [0.1, 0.15) is 0 Å². The van der Waals surface area contributed by atoms with Crippen LogP contribution in [0.4, 0.5) is 22.7 Å². The molecule has 30 heavy (non-hydrogen) atoms. The van der Waals surface area contributed by atoms with Crippen LogP contribution in [0.5, 0.6) is 0 Å². The van der Waals surface area contributed by atoms with Gasteiger partial charge in [0.15, 0.2) is 0 Å². The van der Waals surface area contributed by atoms with Crippen LogP contribution in [0.15, 0.2) is 72.8 Å². The minimum atomic E-state index is -0.484. The molecular weight excluding hydrogens is 380 g/mol. The number of para-hydroxylation sites is 2. The first-order valence-corrected chi connectivity index (χ1v) is 9.78. The van der Waals surface area contributed by atoms with Crippen LogP contribution in [0.1, 0.15) is 34.6 Å². The number of carbonyl (C=O) groups excluding carboxylic acids is 2. The van der Waals surface area contributed by atoms with Crippen molar-refractivity contribution in [3.63, 3.8) is 0 Å². The van der Waals surface area contributed by atoms with Crippen molar-refractivity contribution in [1.82, 2.24) is 0 Å². The highest BCUT2D eigenvalue weighted by molar-refractivity contribution is 6.04. The first kappa shape index (κ1) is 20.9. The quantitative estimate of drug-likeness (QED) is 0.481. The lowest BCUT2D eigenvalue weighted by Gasteiger charge is -2.17. The lowest BCUT2D eigenvalue weighted by atomic mass is 10.0. The third kappa shape index (κ3) is 5.17. The Morgan fingerprint density at radius 2 is 1.03 bits per heavy atom. The van der Waals surface area contributed by atoms with Crippen LogP contribution in [-0.4, -0.2) is 25.2 Å². The molecule has 3 aromatic rings. The van der Waals surface area contributed by atoms with Gasteiger partial charge in [-0.1, -0.05) is 36.4 Å². The number of esters is 2. The number of rotatable bonds is 8. The van der Waals surface area contributed by atoms with Gasteiger partial charge in [0.25, 0.3) is 0 Å². The number of hydrogen-bond donors (Lipinski definition) is 2. The molecule has 0 bridgehead atoms. The lowest BCUT2D eigenvalue weighted by Crippen LogP contribution is -2.13. The molecule has 0 fully saturated rings. The fraction of sp³-hybridized carbons (Fsp3) is 0.167. The van der Waals surface area contributed by atoms with E-state index in [1.54, 1.807) is 26.0 Å². The molecule has 0 unspecified atom stereocenters. The SMILES string of the molecule is CCOC(=O)c1cc(Nc2ccccc2)c(C(=O)OCC)cc1Nc1ccccc1. The van der Waals surface area contributed by atoms with Gasteiger partial charge in [0, 0.05) is 11.4 Å². The molecule has 6 nitrogen and oxygen atoms in total. The molecule has 0 aliphatic carbocycles. The molecule has 0 spiro atoms. The Bertz CT molecular complexity index is 921. The maximum absolute atomic E-state index is 12.7. The van der Waals surface area contributed by atoms with Crippen LogP contribution in [0, 0.1) is 0 Å². The van der Waals surface area contributed by atoms with Gasteiger partial charge in [-0.15, -0.1) is 0 Å². The van der Waals surface area contributed by atoms with Crippen molar-refractivity contribution in [2.75, 3.05) is 23.8 Å². The molecule has 2 N–H and O–H groups in total. The average molecular weight is 404 g/mol. The summed E-state index contributed by atoms with van der Waals surface area (Å²) in [6, 6.07) is 22.0. The maximum Gasteiger partial charge on any atom is 0.340 e. The van der Waals surface area contributed by atoms with Gasteiger partial charge >= 0.3 is 11.9 Å². The minimum Gasteiger partial charge on any atom is -0.462 e. The van der Waals surface area contributed by atoms with E-state index in [-0.39, 0.29) is 13.2 Å². The Morgan fingerprint density at radius 1 is 0.667 bits per heavy atom. The molecule has 3 aromatic carbocycles.